The third-order valence-corrected chi connectivity index (χ3v) is 1.67. The summed E-state index contributed by atoms with van der Waals surface area (Å²) in [5.74, 6) is 0.201. The molecule has 1 heterocycles. The van der Waals surface area contributed by atoms with Crippen LogP contribution in [0.1, 0.15) is 12.8 Å². The molecule has 1 rings (SSSR count). The molecule has 0 saturated carbocycles. The predicted octanol–water partition coefficient (Wildman–Crippen LogP) is 0.248. The molecule has 3 nitrogen and oxygen atoms in total. The van der Waals surface area contributed by atoms with E-state index in [1.165, 1.54) is 0 Å². The summed E-state index contributed by atoms with van der Waals surface area (Å²) in [7, 11) is 4.04. The summed E-state index contributed by atoms with van der Waals surface area (Å²) in [5.41, 5.74) is 0. The number of hydrogen-bond acceptors (Lipinski definition) is 2. The number of amides is 1. The highest BCUT2D eigenvalue weighted by Gasteiger charge is 2.20. The number of hydrogen-bond donors (Lipinski definition) is 1. The van der Waals surface area contributed by atoms with Crippen LogP contribution in [0.4, 0.5) is 0 Å². The van der Waals surface area contributed by atoms with E-state index in [9.17, 15) is 4.79 Å². The van der Waals surface area contributed by atoms with Crippen molar-refractivity contribution in [2.45, 2.75) is 18.9 Å². The minimum atomic E-state index is 0. The van der Waals surface area contributed by atoms with Gasteiger partial charge < -0.3 is 10.2 Å². The molecule has 11 heavy (non-hydrogen) atoms. The van der Waals surface area contributed by atoms with E-state index in [1.54, 1.807) is 0 Å². The van der Waals surface area contributed by atoms with Gasteiger partial charge in [0.15, 0.2) is 0 Å². The van der Waals surface area contributed by atoms with E-state index in [4.69, 9.17) is 0 Å². The van der Waals surface area contributed by atoms with Gasteiger partial charge in [-0.05, 0) is 20.5 Å². The van der Waals surface area contributed by atoms with Gasteiger partial charge in [-0.3, -0.25) is 4.79 Å². The standard InChI is InChI=1S/C7H14N2O.ClH/c1-9(2)5-6-3-4-7(10)8-6;/h6H,3-5H2,1-2H3,(H,8,10);1H. The van der Waals surface area contributed by atoms with Gasteiger partial charge in [0.05, 0.1) is 0 Å². The van der Waals surface area contributed by atoms with Gasteiger partial charge in [-0.2, -0.15) is 0 Å². The van der Waals surface area contributed by atoms with Crippen molar-refractivity contribution in [2.24, 2.45) is 0 Å². The molecule has 4 heteroatoms. The number of carbonyl (C=O) groups is 1. The van der Waals surface area contributed by atoms with Crippen LogP contribution in [0.3, 0.4) is 0 Å². The minimum Gasteiger partial charge on any atom is -0.352 e. The van der Waals surface area contributed by atoms with Gasteiger partial charge in [-0.1, -0.05) is 0 Å². The molecule has 1 saturated heterocycles. The van der Waals surface area contributed by atoms with Crippen molar-refractivity contribution in [2.75, 3.05) is 20.6 Å². The first-order chi connectivity index (χ1) is 4.68. The lowest BCUT2D eigenvalue weighted by Gasteiger charge is -2.15. The maximum atomic E-state index is 10.7. The van der Waals surface area contributed by atoms with Crippen LogP contribution in [0.2, 0.25) is 0 Å². The molecule has 0 spiro atoms. The van der Waals surface area contributed by atoms with E-state index in [0.717, 1.165) is 13.0 Å². The zero-order valence-corrected chi connectivity index (χ0v) is 7.78. The van der Waals surface area contributed by atoms with Crippen LogP contribution in [0.15, 0.2) is 0 Å². The van der Waals surface area contributed by atoms with Gasteiger partial charge in [-0.25, -0.2) is 0 Å². The van der Waals surface area contributed by atoms with Crippen molar-refractivity contribution in [3.63, 3.8) is 0 Å². The second-order valence-corrected chi connectivity index (χ2v) is 3.07. The Balaban J connectivity index is 0.000001000. The fourth-order valence-electron chi connectivity index (χ4n) is 1.26. The smallest absolute Gasteiger partial charge is 0.220 e. The van der Waals surface area contributed by atoms with Crippen LogP contribution >= 0.6 is 12.4 Å². The second-order valence-electron chi connectivity index (χ2n) is 3.07. The molecule has 0 aromatic carbocycles. The number of halogens is 1. The molecule has 1 fully saturated rings. The fourth-order valence-corrected chi connectivity index (χ4v) is 1.26. The molecule has 0 aromatic heterocycles. The number of rotatable bonds is 2. The second kappa shape index (κ2) is 4.57. The van der Waals surface area contributed by atoms with Crippen LogP contribution < -0.4 is 5.32 Å². The van der Waals surface area contributed by atoms with Crippen molar-refractivity contribution in [1.82, 2.24) is 10.2 Å². The van der Waals surface area contributed by atoms with Crippen LogP contribution in [0.5, 0.6) is 0 Å². The third-order valence-electron chi connectivity index (χ3n) is 1.67. The Morgan fingerprint density at radius 1 is 1.64 bits per heavy atom. The lowest BCUT2D eigenvalue weighted by atomic mass is 10.2. The quantitative estimate of drug-likeness (QED) is 0.658. The first-order valence-electron chi connectivity index (χ1n) is 3.62. The third kappa shape index (κ3) is 3.58. The molecule has 1 atom stereocenters. The summed E-state index contributed by atoms with van der Waals surface area (Å²) in [5, 5.41) is 2.90. The van der Waals surface area contributed by atoms with E-state index in [2.05, 4.69) is 10.2 Å². The Hall–Kier alpha value is -0.280. The zero-order valence-electron chi connectivity index (χ0n) is 6.96. The SMILES string of the molecule is CN(C)CC1CCC(=O)N1.Cl. The highest BCUT2D eigenvalue weighted by Crippen LogP contribution is 2.06. The van der Waals surface area contributed by atoms with Crippen molar-refractivity contribution in [3.05, 3.63) is 0 Å². The largest absolute Gasteiger partial charge is 0.352 e. The Bertz CT molecular complexity index is 138. The highest BCUT2D eigenvalue weighted by molar-refractivity contribution is 5.85. The van der Waals surface area contributed by atoms with Crippen molar-refractivity contribution in [1.29, 1.82) is 0 Å². The molecule has 1 unspecified atom stereocenters. The van der Waals surface area contributed by atoms with Gasteiger partial charge in [0.1, 0.15) is 0 Å². The topological polar surface area (TPSA) is 32.3 Å². The Morgan fingerprint density at radius 3 is 2.64 bits per heavy atom. The maximum Gasteiger partial charge on any atom is 0.220 e. The Kier molecular flexibility index (Phi) is 4.45. The first kappa shape index (κ1) is 10.7. The summed E-state index contributed by atoms with van der Waals surface area (Å²) in [6.45, 7) is 0.964. The summed E-state index contributed by atoms with van der Waals surface area (Å²) < 4.78 is 0. The van der Waals surface area contributed by atoms with E-state index in [1.807, 2.05) is 14.1 Å². The van der Waals surface area contributed by atoms with Gasteiger partial charge >= 0.3 is 0 Å². The molecule has 1 aliphatic rings. The lowest BCUT2D eigenvalue weighted by molar-refractivity contribution is -0.119. The van der Waals surface area contributed by atoms with Gasteiger partial charge in [0.2, 0.25) is 5.91 Å². The van der Waals surface area contributed by atoms with Crippen LogP contribution in [0, 0.1) is 0 Å². The molecule has 1 aliphatic heterocycles. The van der Waals surface area contributed by atoms with Crippen molar-refractivity contribution in [3.8, 4) is 0 Å². The van der Waals surface area contributed by atoms with Gasteiger partial charge in [-0.15, -0.1) is 12.4 Å². The van der Waals surface area contributed by atoms with Crippen molar-refractivity contribution < 1.29 is 4.79 Å². The van der Waals surface area contributed by atoms with Crippen LogP contribution in [-0.2, 0) is 4.79 Å². The lowest BCUT2D eigenvalue weighted by Crippen LogP contribution is -2.34. The van der Waals surface area contributed by atoms with Crippen LogP contribution in [-0.4, -0.2) is 37.5 Å². The van der Waals surface area contributed by atoms with Crippen LogP contribution in [0.25, 0.3) is 0 Å². The normalized spacial score (nSPS) is 23.2. The first-order valence-corrected chi connectivity index (χ1v) is 3.62. The molecular weight excluding hydrogens is 164 g/mol. The zero-order chi connectivity index (χ0) is 7.56. The molecule has 1 N–H and O–H groups in total. The Morgan fingerprint density at radius 2 is 2.27 bits per heavy atom. The van der Waals surface area contributed by atoms with E-state index < -0.39 is 0 Å². The number of nitrogens with one attached hydrogen (secondary N) is 1. The van der Waals surface area contributed by atoms with Gasteiger partial charge in [0.25, 0.3) is 0 Å². The monoisotopic (exact) mass is 178 g/mol. The molecule has 0 bridgehead atoms. The number of nitrogens with zero attached hydrogens (tertiary/aromatic N) is 1. The number of carbonyl (C=O) groups excluding carboxylic acids is 1. The summed E-state index contributed by atoms with van der Waals surface area (Å²) >= 11 is 0. The maximum absolute atomic E-state index is 10.7. The van der Waals surface area contributed by atoms with Crippen molar-refractivity contribution >= 4 is 18.3 Å². The number of likely N-dealkylation sites (N-methyl/N-ethyl adjacent to an activating group) is 1. The highest BCUT2D eigenvalue weighted by atomic mass is 35.5. The molecule has 0 aromatic rings. The fraction of sp³-hybridized carbons (Fsp3) is 0.857. The molecule has 0 aliphatic carbocycles. The minimum absolute atomic E-state index is 0. The molecule has 0 radical (unpaired) electrons. The molecular formula is C7H15ClN2O. The van der Waals surface area contributed by atoms with Gasteiger partial charge in [0, 0.05) is 19.0 Å². The summed E-state index contributed by atoms with van der Waals surface area (Å²) in [4.78, 5) is 12.8. The molecule has 1 amide bonds. The van der Waals surface area contributed by atoms with E-state index in [-0.39, 0.29) is 18.3 Å². The summed E-state index contributed by atoms with van der Waals surface area (Å²) in [6.07, 6.45) is 1.70. The molecule has 66 valence electrons. The Labute approximate surface area is 73.5 Å². The predicted molar refractivity (Wildman–Crippen MR) is 47.0 cm³/mol. The average Bonchev–Trinajstić information content (AvgIpc) is 2.13. The summed E-state index contributed by atoms with van der Waals surface area (Å²) in [6, 6.07) is 0.391. The average molecular weight is 179 g/mol. The van der Waals surface area contributed by atoms with E-state index >= 15 is 0 Å². The van der Waals surface area contributed by atoms with E-state index in [0.29, 0.717) is 12.5 Å².